The van der Waals surface area contributed by atoms with Gasteiger partial charge in [-0.3, -0.25) is 14.5 Å². The van der Waals surface area contributed by atoms with Crippen molar-refractivity contribution in [3.63, 3.8) is 0 Å². The zero-order valence-corrected chi connectivity index (χ0v) is 17.9. The Morgan fingerprint density at radius 1 is 1.17 bits per heavy atom. The van der Waals surface area contributed by atoms with E-state index in [1.54, 1.807) is 6.20 Å². The van der Waals surface area contributed by atoms with Gasteiger partial charge in [0.15, 0.2) is 0 Å². The number of aromatic nitrogens is 2. The summed E-state index contributed by atoms with van der Waals surface area (Å²) in [6, 6.07) is -0.0371. The molecular formula is C21H33N5O3. The molecule has 2 amide bonds. The van der Waals surface area contributed by atoms with Crippen molar-refractivity contribution in [2.45, 2.75) is 46.1 Å². The highest BCUT2D eigenvalue weighted by molar-refractivity contribution is 5.95. The lowest BCUT2D eigenvalue weighted by Crippen LogP contribution is -2.45. The van der Waals surface area contributed by atoms with Gasteiger partial charge >= 0.3 is 0 Å². The third kappa shape index (κ3) is 5.11. The molecule has 8 heteroatoms. The average molecular weight is 404 g/mol. The smallest absolute Gasteiger partial charge is 0.257 e. The molecule has 2 aliphatic heterocycles. The molecule has 0 N–H and O–H groups in total. The fraction of sp³-hybridized carbons (Fsp3) is 0.714. The molecule has 1 aromatic rings. The largest absolute Gasteiger partial charge is 0.378 e. The summed E-state index contributed by atoms with van der Waals surface area (Å²) in [5, 5.41) is 0. The number of carbonyl (C=O) groups is 2. The fourth-order valence-corrected chi connectivity index (χ4v) is 4.18. The Hall–Kier alpha value is -2.06. The molecule has 0 radical (unpaired) electrons. The Morgan fingerprint density at radius 2 is 1.90 bits per heavy atom. The van der Waals surface area contributed by atoms with Crippen LogP contribution in [0.5, 0.6) is 0 Å². The molecule has 0 aromatic carbocycles. The van der Waals surface area contributed by atoms with Crippen molar-refractivity contribution >= 4 is 11.8 Å². The Bertz CT molecular complexity index is 716. The van der Waals surface area contributed by atoms with E-state index in [1.807, 2.05) is 30.6 Å². The van der Waals surface area contributed by atoms with Gasteiger partial charge in [0.2, 0.25) is 5.91 Å². The predicted molar refractivity (Wildman–Crippen MR) is 110 cm³/mol. The van der Waals surface area contributed by atoms with E-state index >= 15 is 0 Å². The van der Waals surface area contributed by atoms with Crippen LogP contribution in [-0.4, -0.2) is 89.0 Å². The zero-order chi connectivity index (χ0) is 20.8. The highest BCUT2D eigenvalue weighted by Gasteiger charge is 2.32. The first-order chi connectivity index (χ1) is 14.0. The van der Waals surface area contributed by atoms with E-state index in [4.69, 9.17) is 9.72 Å². The predicted octanol–water partition coefficient (Wildman–Crippen LogP) is 1.65. The lowest BCUT2D eigenvalue weighted by Gasteiger charge is -2.37. The second kappa shape index (κ2) is 10.1. The van der Waals surface area contributed by atoms with Crippen LogP contribution in [0.4, 0.5) is 0 Å². The molecule has 3 heterocycles. The van der Waals surface area contributed by atoms with Gasteiger partial charge in [0.1, 0.15) is 5.82 Å². The summed E-state index contributed by atoms with van der Waals surface area (Å²) in [5.41, 5.74) is 1.32. The number of rotatable bonds is 6. The second-order valence-electron chi connectivity index (χ2n) is 7.67. The van der Waals surface area contributed by atoms with Crippen LogP contribution in [0.25, 0.3) is 0 Å². The van der Waals surface area contributed by atoms with Gasteiger partial charge < -0.3 is 14.5 Å². The number of likely N-dealkylation sites (tertiary alicyclic amines) is 1. The Kier molecular flexibility index (Phi) is 7.55. The van der Waals surface area contributed by atoms with Crippen LogP contribution in [0.1, 0.15) is 61.0 Å². The summed E-state index contributed by atoms with van der Waals surface area (Å²) in [4.78, 5) is 40.8. The van der Waals surface area contributed by atoms with Gasteiger partial charge in [-0.15, -0.1) is 0 Å². The number of aryl methyl sites for hydroxylation is 1. The van der Waals surface area contributed by atoms with E-state index in [1.165, 1.54) is 0 Å². The van der Waals surface area contributed by atoms with Crippen molar-refractivity contribution < 1.29 is 14.3 Å². The summed E-state index contributed by atoms with van der Waals surface area (Å²) >= 11 is 0. The topological polar surface area (TPSA) is 78.9 Å². The summed E-state index contributed by atoms with van der Waals surface area (Å²) in [7, 11) is 0. The minimum atomic E-state index is -0.0381. The van der Waals surface area contributed by atoms with Crippen LogP contribution in [0.15, 0.2) is 6.20 Å². The summed E-state index contributed by atoms with van der Waals surface area (Å²) in [6.45, 7) is 10.8. The van der Waals surface area contributed by atoms with Gasteiger partial charge in [0.05, 0.1) is 37.1 Å². The number of amides is 2. The van der Waals surface area contributed by atoms with E-state index < -0.39 is 0 Å². The van der Waals surface area contributed by atoms with Gasteiger partial charge in [0.25, 0.3) is 5.91 Å². The molecule has 0 bridgehead atoms. The quantitative estimate of drug-likeness (QED) is 0.719. The van der Waals surface area contributed by atoms with Gasteiger partial charge in [-0.05, 0) is 40.2 Å². The van der Waals surface area contributed by atoms with Crippen molar-refractivity contribution in [2.75, 3.05) is 52.5 Å². The summed E-state index contributed by atoms with van der Waals surface area (Å²) in [5.74, 6) is 0.747. The molecule has 29 heavy (non-hydrogen) atoms. The van der Waals surface area contributed by atoms with E-state index in [0.717, 1.165) is 31.5 Å². The van der Waals surface area contributed by atoms with Crippen molar-refractivity contribution in [3.8, 4) is 0 Å². The number of likely N-dealkylation sites (N-methyl/N-ethyl adjacent to an activating group) is 1. The second-order valence-corrected chi connectivity index (χ2v) is 7.67. The van der Waals surface area contributed by atoms with E-state index in [2.05, 4.69) is 9.88 Å². The first kappa shape index (κ1) is 21.6. The fourth-order valence-electron chi connectivity index (χ4n) is 4.18. The number of hydrogen-bond donors (Lipinski definition) is 0. The molecule has 160 valence electrons. The van der Waals surface area contributed by atoms with Gasteiger partial charge in [-0.1, -0.05) is 6.42 Å². The lowest BCUT2D eigenvalue weighted by atomic mass is 9.95. The third-order valence-corrected chi connectivity index (χ3v) is 5.85. The maximum absolute atomic E-state index is 13.2. The minimum absolute atomic E-state index is 0.0371. The molecule has 0 aliphatic carbocycles. The standard InChI is InChI=1S/C21H33N5O3/c1-4-24(5-2)19(27)15-26-9-7-6-8-18(26)20-17(14-22-16(3)23-20)21(28)25-10-12-29-13-11-25/h14,18H,4-13,15H2,1-3H3/t18-/m0/s1. The molecule has 2 saturated heterocycles. The van der Waals surface area contributed by atoms with E-state index in [0.29, 0.717) is 57.3 Å². The minimum Gasteiger partial charge on any atom is -0.378 e. The molecule has 8 nitrogen and oxygen atoms in total. The average Bonchev–Trinajstić information content (AvgIpc) is 2.75. The maximum Gasteiger partial charge on any atom is 0.257 e. The van der Waals surface area contributed by atoms with Crippen LogP contribution >= 0.6 is 0 Å². The molecule has 2 fully saturated rings. The number of nitrogens with zero attached hydrogens (tertiary/aromatic N) is 5. The summed E-state index contributed by atoms with van der Waals surface area (Å²) < 4.78 is 5.38. The maximum atomic E-state index is 13.2. The van der Waals surface area contributed by atoms with E-state index in [-0.39, 0.29) is 17.9 Å². The number of ether oxygens (including phenoxy) is 1. The molecule has 2 aliphatic rings. The van der Waals surface area contributed by atoms with E-state index in [9.17, 15) is 9.59 Å². The van der Waals surface area contributed by atoms with Crippen LogP contribution in [0.3, 0.4) is 0 Å². The number of piperidine rings is 1. The molecule has 1 aromatic heterocycles. The van der Waals surface area contributed by atoms with Crippen LogP contribution in [0.2, 0.25) is 0 Å². The number of morpholine rings is 1. The summed E-state index contributed by atoms with van der Waals surface area (Å²) in [6.07, 6.45) is 4.67. The zero-order valence-electron chi connectivity index (χ0n) is 17.9. The Labute approximate surface area is 173 Å². The molecule has 0 saturated carbocycles. The first-order valence-electron chi connectivity index (χ1n) is 10.8. The number of hydrogen-bond acceptors (Lipinski definition) is 6. The highest BCUT2D eigenvalue weighted by atomic mass is 16.5. The monoisotopic (exact) mass is 403 g/mol. The van der Waals surface area contributed by atoms with Crippen LogP contribution in [0, 0.1) is 6.92 Å². The highest BCUT2D eigenvalue weighted by Crippen LogP contribution is 2.32. The lowest BCUT2D eigenvalue weighted by molar-refractivity contribution is -0.133. The molecule has 0 spiro atoms. The van der Waals surface area contributed by atoms with Gasteiger partial charge in [-0.25, -0.2) is 9.97 Å². The number of carbonyl (C=O) groups excluding carboxylic acids is 2. The van der Waals surface area contributed by atoms with Gasteiger partial charge in [0, 0.05) is 32.4 Å². The Balaban J connectivity index is 1.87. The van der Waals surface area contributed by atoms with Crippen LogP contribution < -0.4 is 0 Å². The van der Waals surface area contributed by atoms with Crippen molar-refractivity contribution in [2.24, 2.45) is 0 Å². The van der Waals surface area contributed by atoms with Crippen molar-refractivity contribution in [3.05, 3.63) is 23.3 Å². The SMILES string of the molecule is CCN(CC)C(=O)CN1CCCC[C@H]1c1nc(C)ncc1C(=O)N1CCOCC1. The van der Waals surface area contributed by atoms with Crippen molar-refractivity contribution in [1.82, 2.24) is 24.7 Å². The Morgan fingerprint density at radius 3 is 2.59 bits per heavy atom. The van der Waals surface area contributed by atoms with Crippen LogP contribution in [-0.2, 0) is 9.53 Å². The molecule has 1 atom stereocenters. The van der Waals surface area contributed by atoms with Crippen molar-refractivity contribution in [1.29, 1.82) is 0 Å². The third-order valence-electron chi connectivity index (χ3n) is 5.85. The molecule has 3 rings (SSSR count). The molecular weight excluding hydrogens is 370 g/mol. The first-order valence-corrected chi connectivity index (χ1v) is 10.8. The normalized spacial score (nSPS) is 20.5. The van der Waals surface area contributed by atoms with Gasteiger partial charge in [-0.2, -0.15) is 0 Å². The molecule has 0 unspecified atom stereocenters.